The Labute approximate surface area is 104 Å². The molecular formula is C9H5N3O5S. The van der Waals surface area contributed by atoms with Crippen LogP contribution in [0.3, 0.4) is 0 Å². The molecule has 0 aliphatic rings. The molecule has 0 atom stereocenters. The molecule has 0 aromatic carbocycles. The number of ether oxygens (including phenoxy) is 1. The van der Waals surface area contributed by atoms with E-state index < -0.39 is 10.9 Å². The molecule has 2 aromatic rings. The summed E-state index contributed by atoms with van der Waals surface area (Å²) < 4.78 is 5.16. The Morgan fingerprint density at radius 1 is 1.50 bits per heavy atom. The average molecular weight is 267 g/mol. The lowest BCUT2D eigenvalue weighted by atomic mass is 10.3. The summed E-state index contributed by atoms with van der Waals surface area (Å²) >= 11 is 0.703. The van der Waals surface area contributed by atoms with Gasteiger partial charge in [-0.3, -0.25) is 10.1 Å². The van der Waals surface area contributed by atoms with E-state index in [9.17, 15) is 14.9 Å². The van der Waals surface area contributed by atoms with E-state index in [1.807, 2.05) is 0 Å². The van der Waals surface area contributed by atoms with Crippen LogP contribution in [-0.2, 0) is 0 Å². The Bertz CT molecular complexity index is 612. The number of aromatic nitrogens is 2. The predicted molar refractivity (Wildman–Crippen MR) is 60.0 cm³/mol. The van der Waals surface area contributed by atoms with Gasteiger partial charge in [-0.15, -0.1) is 0 Å². The van der Waals surface area contributed by atoms with E-state index in [1.54, 1.807) is 0 Å². The summed E-state index contributed by atoms with van der Waals surface area (Å²) in [6.45, 7) is 0. The molecule has 0 amide bonds. The lowest BCUT2D eigenvalue weighted by Gasteiger charge is -2.03. The van der Waals surface area contributed by atoms with Gasteiger partial charge in [0.15, 0.2) is 11.4 Å². The first kappa shape index (κ1) is 11.9. The van der Waals surface area contributed by atoms with Gasteiger partial charge in [0, 0.05) is 6.20 Å². The maximum atomic E-state index is 10.9. The normalized spacial score (nSPS) is 10.0. The van der Waals surface area contributed by atoms with Crippen molar-refractivity contribution in [2.24, 2.45) is 0 Å². The number of hydrogen-bond acceptors (Lipinski definition) is 7. The van der Waals surface area contributed by atoms with Crippen molar-refractivity contribution in [3.63, 3.8) is 0 Å². The smallest absolute Gasteiger partial charge is 0.358 e. The first-order chi connectivity index (χ1) is 8.58. The number of pyridine rings is 1. The van der Waals surface area contributed by atoms with Gasteiger partial charge in [-0.1, -0.05) is 0 Å². The first-order valence-corrected chi connectivity index (χ1v) is 5.36. The lowest BCUT2D eigenvalue weighted by Crippen LogP contribution is -2.02. The molecule has 0 spiro atoms. The van der Waals surface area contributed by atoms with Crippen LogP contribution in [0.2, 0.25) is 0 Å². The van der Waals surface area contributed by atoms with E-state index in [2.05, 4.69) is 9.97 Å². The van der Waals surface area contributed by atoms with Crippen LogP contribution in [0.5, 0.6) is 10.9 Å². The molecule has 2 heterocycles. The highest BCUT2D eigenvalue weighted by Crippen LogP contribution is 2.31. The quantitative estimate of drug-likeness (QED) is 0.664. The molecule has 18 heavy (non-hydrogen) atoms. The number of nitro groups is 1. The van der Waals surface area contributed by atoms with Crippen LogP contribution in [0.15, 0.2) is 24.5 Å². The number of carboxylic acid groups (broad SMARTS) is 1. The fraction of sp³-hybridized carbons (Fsp3) is 0. The Morgan fingerprint density at radius 2 is 2.28 bits per heavy atom. The minimum absolute atomic E-state index is 0.0165. The number of nitrogens with zero attached hydrogens (tertiary/aromatic N) is 3. The number of carboxylic acids is 1. The van der Waals surface area contributed by atoms with Gasteiger partial charge in [0.05, 0.1) is 4.92 Å². The monoisotopic (exact) mass is 267 g/mol. The minimum atomic E-state index is -1.25. The number of rotatable bonds is 4. The summed E-state index contributed by atoms with van der Waals surface area (Å²) in [7, 11) is 0. The zero-order valence-electron chi connectivity index (χ0n) is 8.64. The van der Waals surface area contributed by atoms with Crippen LogP contribution in [0.1, 0.15) is 10.5 Å². The number of aromatic carboxylic acids is 1. The van der Waals surface area contributed by atoms with Crippen LogP contribution >= 0.6 is 11.3 Å². The molecule has 0 bridgehead atoms. The van der Waals surface area contributed by atoms with E-state index in [-0.39, 0.29) is 21.6 Å². The zero-order chi connectivity index (χ0) is 13.1. The van der Waals surface area contributed by atoms with Crippen molar-refractivity contribution in [1.82, 2.24) is 9.97 Å². The van der Waals surface area contributed by atoms with Gasteiger partial charge in [-0.25, -0.2) is 14.8 Å². The molecule has 0 fully saturated rings. The van der Waals surface area contributed by atoms with Crippen LogP contribution < -0.4 is 4.74 Å². The maximum Gasteiger partial charge on any atom is 0.358 e. The van der Waals surface area contributed by atoms with E-state index in [1.165, 1.54) is 18.3 Å². The summed E-state index contributed by atoms with van der Waals surface area (Å²) in [6, 6.07) is 2.88. The molecular weight excluding hydrogens is 262 g/mol. The van der Waals surface area contributed by atoms with Gasteiger partial charge in [0.25, 0.3) is 5.19 Å². The third-order valence-electron chi connectivity index (χ3n) is 1.82. The highest BCUT2D eigenvalue weighted by Gasteiger charge is 2.17. The van der Waals surface area contributed by atoms with E-state index in [0.717, 1.165) is 6.20 Å². The molecule has 0 aliphatic carbocycles. The zero-order valence-corrected chi connectivity index (χ0v) is 9.46. The highest BCUT2D eigenvalue weighted by atomic mass is 32.1. The second-order valence-corrected chi connectivity index (χ2v) is 3.95. The second kappa shape index (κ2) is 4.75. The van der Waals surface area contributed by atoms with Crippen LogP contribution in [0.4, 0.5) is 5.00 Å². The van der Waals surface area contributed by atoms with Crippen LogP contribution in [-0.4, -0.2) is 26.0 Å². The Kier molecular flexibility index (Phi) is 3.15. The predicted octanol–water partition coefficient (Wildman–Crippen LogP) is 1.94. The van der Waals surface area contributed by atoms with E-state index >= 15 is 0 Å². The van der Waals surface area contributed by atoms with Gasteiger partial charge in [-0.2, -0.15) is 0 Å². The molecule has 0 aliphatic heterocycles. The number of hydrogen-bond donors (Lipinski definition) is 1. The molecule has 2 rings (SSSR count). The highest BCUT2D eigenvalue weighted by molar-refractivity contribution is 7.16. The third kappa shape index (κ3) is 2.40. The van der Waals surface area contributed by atoms with Gasteiger partial charge < -0.3 is 9.84 Å². The standard InChI is InChI=1S/C9H5N3O5S/c13-8(14)7-5(2-1-3-10-7)17-9-11-4-6(18-9)12(15)16/h1-4H,(H,13,14). The third-order valence-corrected chi connectivity index (χ3v) is 2.65. The molecule has 92 valence electrons. The van der Waals surface area contributed by atoms with Crippen LogP contribution in [0, 0.1) is 10.1 Å². The minimum Gasteiger partial charge on any atom is -0.476 e. The van der Waals surface area contributed by atoms with Crippen molar-refractivity contribution in [3.8, 4) is 10.9 Å². The Balaban J connectivity index is 2.28. The molecule has 9 heteroatoms. The topological polar surface area (TPSA) is 115 Å². The summed E-state index contributed by atoms with van der Waals surface area (Å²) in [5, 5.41) is 19.1. The largest absolute Gasteiger partial charge is 0.476 e. The average Bonchev–Trinajstić information content (AvgIpc) is 2.78. The maximum absolute atomic E-state index is 10.9. The molecule has 0 saturated heterocycles. The molecule has 0 saturated carbocycles. The van der Waals surface area contributed by atoms with Crippen molar-refractivity contribution in [2.75, 3.05) is 0 Å². The van der Waals surface area contributed by atoms with E-state index in [4.69, 9.17) is 9.84 Å². The van der Waals surface area contributed by atoms with Gasteiger partial charge in [0.2, 0.25) is 0 Å². The van der Waals surface area contributed by atoms with Crippen molar-refractivity contribution in [2.45, 2.75) is 0 Å². The molecule has 1 N–H and O–H groups in total. The molecule has 0 unspecified atom stereocenters. The molecule has 8 nitrogen and oxygen atoms in total. The molecule has 0 radical (unpaired) electrons. The fourth-order valence-corrected chi connectivity index (χ4v) is 1.70. The Morgan fingerprint density at radius 3 is 2.89 bits per heavy atom. The fourth-order valence-electron chi connectivity index (χ4n) is 1.11. The lowest BCUT2D eigenvalue weighted by molar-refractivity contribution is -0.380. The van der Waals surface area contributed by atoms with Crippen molar-refractivity contribution < 1.29 is 19.6 Å². The van der Waals surface area contributed by atoms with Gasteiger partial charge in [-0.05, 0) is 23.5 Å². The van der Waals surface area contributed by atoms with Gasteiger partial charge in [0.1, 0.15) is 6.20 Å². The van der Waals surface area contributed by atoms with Crippen molar-refractivity contribution in [3.05, 3.63) is 40.3 Å². The summed E-state index contributed by atoms with van der Waals surface area (Å²) in [6.07, 6.45) is 2.34. The van der Waals surface area contributed by atoms with Gasteiger partial charge >= 0.3 is 11.0 Å². The number of thiazole rings is 1. The van der Waals surface area contributed by atoms with Crippen molar-refractivity contribution in [1.29, 1.82) is 0 Å². The Hall–Kier alpha value is -2.55. The van der Waals surface area contributed by atoms with Crippen LogP contribution in [0.25, 0.3) is 0 Å². The van der Waals surface area contributed by atoms with Crippen molar-refractivity contribution >= 4 is 22.3 Å². The SMILES string of the molecule is O=C(O)c1ncccc1Oc1ncc([N+](=O)[O-])s1. The second-order valence-electron chi connectivity index (χ2n) is 2.98. The summed E-state index contributed by atoms with van der Waals surface area (Å²) in [4.78, 5) is 28.0. The number of carbonyl (C=O) groups is 1. The summed E-state index contributed by atoms with van der Waals surface area (Å²) in [5.41, 5.74) is -0.282. The molecule has 2 aromatic heterocycles. The summed E-state index contributed by atoms with van der Waals surface area (Å²) in [5.74, 6) is -1.27. The van der Waals surface area contributed by atoms with E-state index in [0.29, 0.717) is 11.3 Å². The first-order valence-electron chi connectivity index (χ1n) is 4.54.